The first kappa shape index (κ1) is 21.0. The summed E-state index contributed by atoms with van der Waals surface area (Å²) in [6.45, 7) is 12.3. The number of carbonyl (C=O) groups is 2. The summed E-state index contributed by atoms with van der Waals surface area (Å²) < 4.78 is 10.8. The summed E-state index contributed by atoms with van der Waals surface area (Å²) in [7, 11) is 0. The van der Waals surface area contributed by atoms with Crippen LogP contribution in [0.3, 0.4) is 0 Å². The Kier molecular flexibility index (Phi) is 7.47. The fourth-order valence-corrected chi connectivity index (χ4v) is 2.78. The van der Waals surface area contributed by atoms with Crippen molar-refractivity contribution in [2.24, 2.45) is 0 Å². The minimum absolute atomic E-state index is 0.0922. The molecule has 1 fully saturated rings. The standard InChI is InChI=1S/C20H31N3O4/c1-5-26-17-8-6-16(7-9-17)18(24)21-10-11-22-12-14-23(15-13-22)19(25)27-20(2,3)4/h6-9H,5,10-15H2,1-4H3,(H,21,24). The monoisotopic (exact) mass is 377 g/mol. The third-order valence-corrected chi connectivity index (χ3v) is 4.17. The van der Waals surface area contributed by atoms with Gasteiger partial charge in [-0.15, -0.1) is 0 Å². The van der Waals surface area contributed by atoms with E-state index < -0.39 is 5.60 Å². The maximum absolute atomic E-state index is 12.2. The van der Waals surface area contributed by atoms with E-state index in [1.54, 1.807) is 29.2 Å². The van der Waals surface area contributed by atoms with Crippen molar-refractivity contribution in [3.63, 3.8) is 0 Å². The Labute approximate surface area is 161 Å². The molecule has 0 spiro atoms. The largest absolute Gasteiger partial charge is 0.494 e. The average Bonchev–Trinajstić information content (AvgIpc) is 2.61. The average molecular weight is 377 g/mol. The van der Waals surface area contributed by atoms with Crippen LogP contribution in [0, 0.1) is 0 Å². The molecule has 0 bridgehead atoms. The quantitative estimate of drug-likeness (QED) is 0.824. The van der Waals surface area contributed by atoms with E-state index in [1.165, 1.54) is 0 Å². The molecule has 1 heterocycles. The van der Waals surface area contributed by atoms with Crippen molar-refractivity contribution in [3.05, 3.63) is 29.8 Å². The first-order valence-corrected chi connectivity index (χ1v) is 9.50. The number of hydrogen-bond acceptors (Lipinski definition) is 5. The van der Waals surface area contributed by atoms with E-state index in [0.717, 1.165) is 25.4 Å². The zero-order chi connectivity index (χ0) is 19.9. The van der Waals surface area contributed by atoms with Crippen LogP contribution in [-0.2, 0) is 4.74 Å². The Balaban J connectivity index is 1.68. The second kappa shape index (κ2) is 9.60. The predicted octanol–water partition coefficient (Wildman–Crippen LogP) is 2.37. The maximum atomic E-state index is 12.2. The number of nitrogens with zero attached hydrogens (tertiary/aromatic N) is 2. The molecule has 7 heteroatoms. The molecule has 0 aromatic heterocycles. The summed E-state index contributed by atoms with van der Waals surface area (Å²) in [5.41, 5.74) is 0.146. The van der Waals surface area contributed by atoms with E-state index in [-0.39, 0.29) is 12.0 Å². The van der Waals surface area contributed by atoms with Gasteiger partial charge >= 0.3 is 6.09 Å². The molecule has 1 aromatic carbocycles. The van der Waals surface area contributed by atoms with Gasteiger partial charge in [-0.05, 0) is 52.0 Å². The van der Waals surface area contributed by atoms with Crippen molar-refractivity contribution < 1.29 is 19.1 Å². The lowest BCUT2D eigenvalue weighted by Gasteiger charge is -2.35. The molecule has 150 valence electrons. The van der Waals surface area contributed by atoms with Gasteiger partial charge in [0.05, 0.1) is 6.61 Å². The van der Waals surface area contributed by atoms with Gasteiger partial charge in [0.15, 0.2) is 0 Å². The van der Waals surface area contributed by atoms with Crippen LogP contribution in [0.25, 0.3) is 0 Å². The van der Waals surface area contributed by atoms with Crippen molar-refractivity contribution in [3.8, 4) is 5.75 Å². The zero-order valence-electron chi connectivity index (χ0n) is 16.8. The predicted molar refractivity (Wildman–Crippen MR) is 104 cm³/mol. The number of hydrogen-bond donors (Lipinski definition) is 1. The van der Waals surface area contributed by atoms with Gasteiger partial charge in [0, 0.05) is 44.8 Å². The molecule has 2 amide bonds. The Hall–Kier alpha value is -2.28. The SMILES string of the molecule is CCOc1ccc(C(=O)NCCN2CCN(C(=O)OC(C)(C)C)CC2)cc1. The summed E-state index contributed by atoms with van der Waals surface area (Å²) in [5.74, 6) is 0.669. The Morgan fingerprint density at radius 3 is 2.26 bits per heavy atom. The Bertz CT molecular complexity index is 617. The number of benzene rings is 1. The molecule has 27 heavy (non-hydrogen) atoms. The third kappa shape index (κ3) is 7.09. The summed E-state index contributed by atoms with van der Waals surface area (Å²) in [6, 6.07) is 7.13. The summed E-state index contributed by atoms with van der Waals surface area (Å²) >= 11 is 0. The van der Waals surface area contributed by atoms with Gasteiger partial charge in [-0.2, -0.15) is 0 Å². The summed E-state index contributed by atoms with van der Waals surface area (Å²) in [6.07, 6.45) is -0.258. The molecule has 0 unspecified atom stereocenters. The number of rotatable bonds is 6. The first-order chi connectivity index (χ1) is 12.8. The Morgan fingerprint density at radius 1 is 1.07 bits per heavy atom. The van der Waals surface area contributed by atoms with Crippen LogP contribution in [0.5, 0.6) is 5.75 Å². The van der Waals surface area contributed by atoms with E-state index in [9.17, 15) is 9.59 Å². The topological polar surface area (TPSA) is 71.1 Å². The van der Waals surface area contributed by atoms with E-state index in [1.807, 2.05) is 27.7 Å². The van der Waals surface area contributed by atoms with E-state index in [0.29, 0.717) is 31.8 Å². The summed E-state index contributed by atoms with van der Waals surface area (Å²) in [5, 5.41) is 2.94. The summed E-state index contributed by atoms with van der Waals surface area (Å²) in [4.78, 5) is 28.2. The molecule has 2 rings (SSSR count). The van der Waals surface area contributed by atoms with Crippen LogP contribution >= 0.6 is 0 Å². The fraction of sp³-hybridized carbons (Fsp3) is 0.600. The van der Waals surface area contributed by atoms with E-state index >= 15 is 0 Å². The highest BCUT2D eigenvalue weighted by Crippen LogP contribution is 2.13. The first-order valence-electron chi connectivity index (χ1n) is 9.50. The molecule has 0 radical (unpaired) electrons. The lowest BCUT2D eigenvalue weighted by Crippen LogP contribution is -2.51. The van der Waals surface area contributed by atoms with Crippen molar-refractivity contribution in [2.75, 3.05) is 45.9 Å². The Morgan fingerprint density at radius 2 is 1.70 bits per heavy atom. The molecule has 1 aliphatic rings. The molecule has 0 saturated carbocycles. The van der Waals surface area contributed by atoms with Crippen molar-refractivity contribution in [1.82, 2.24) is 15.1 Å². The van der Waals surface area contributed by atoms with Gasteiger partial charge in [0.2, 0.25) is 0 Å². The van der Waals surface area contributed by atoms with E-state index in [4.69, 9.17) is 9.47 Å². The van der Waals surface area contributed by atoms with Gasteiger partial charge in [0.25, 0.3) is 5.91 Å². The molecular formula is C20H31N3O4. The van der Waals surface area contributed by atoms with Crippen molar-refractivity contribution >= 4 is 12.0 Å². The van der Waals surface area contributed by atoms with Crippen LogP contribution in [0.1, 0.15) is 38.1 Å². The number of amides is 2. The van der Waals surface area contributed by atoms with Crippen molar-refractivity contribution in [1.29, 1.82) is 0 Å². The highest BCUT2D eigenvalue weighted by molar-refractivity contribution is 5.94. The molecule has 1 N–H and O–H groups in total. The van der Waals surface area contributed by atoms with Gasteiger partial charge in [-0.25, -0.2) is 4.79 Å². The second-order valence-electron chi connectivity index (χ2n) is 7.52. The minimum atomic E-state index is -0.473. The van der Waals surface area contributed by atoms with Gasteiger partial charge in [-0.1, -0.05) is 0 Å². The number of ether oxygens (including phenoxy) is 2. The number of piperazine rings is 1. The fourth-order valence-electron chi connectivity index (χ4n) is 2.78. The number of carbonyl (C=O) groups excluding carboxylic acids is 2. The highest BCUT2D eigenvalue weighted by Gasteiger charge is 2.25. The smallest absolute Gasteiger partial charge is 0.410 e. The highest BCUT2D eigenvalue weighted by atomic mass is 16.6. The van der Waals surface area contributed by atoms with E-state index in [2.05, 4.69) is 10.2 Å². The van der Waals surface area contributed by atoms with Gasteiger partial charge in [-0.3, -0.25) is 9.69 Å². The molecule has 7 nitrogen and oxygen atoms in total. The molecule has 1 aromatic rings. The van der Waals surface area contributed by atoms with Gasteiger partial charge in [0.1, 0.15) is 11.4 Å². The number of nitrogens with one attached hydrogen (secondary N) is 1. The van der Waals surface area contributed by atoms with Crippen LogP contribution in [0.4, 0.5) is 4.79 Å². The van der Waals surface area contributed by atoms with Crippen LogP contribution in [0.15, 0.2) is 24.3 Å². The zero-order valence-corrected chi connectivity index (χ0v) is 16.8. The van der Waals surface area contributed by atoms with Crippen LogP contribution < -0.4 is 10.1 Å². The molecular weight excluding hydrogens is 346 g/mol. The lowest BCUT2D eigenvalue weighted by atomic mass is 10.2. The van der Waals surface area contributed by atoms with Crippen LogP contribution in [0.2, 0.25) is 0 Å². The minimum Gasteiger partial charge on any atom is -0.494 e. The van der Waals surface area contributed by atoms with Gasteiger partial charge < -0.3 is 19.7 Å². The maximum Gasteiger partial charge on any atom is 0.410 e. The molecule has 1 aliphatic heterocycles. The molecule has 1 saturated heterocycles. The third-order valence-electron chi connectivity index (χ3n) is 4.17. The second-order valence-corrected chi connectivity index (χ2v) is 7.52. The van der Waals surface area contributed by atoms with Crippen LogP contribution in [-0.4, -0.2) is 73.3 Å². The normalized spacial score (nSPS) is 15.3. The molecule has 0 atom stereocenters. The lowest BCUT2D eigenvalue weighted by molar-refractivity contribution is 0.0147. The van der Waals surface area contributed by atoms with Crippen molar-refractivity contribution in [2.45, 2.75) is 33.3 Å². The molecule has 0 aliphatic carbocycles.